The zero-order chi connectivity index (χ0) is 20.7. The average molecular weight is 407 g/mol. The molecule has 0 spiro atoms. The van der Waals surface area contributed by atoms with Crippen molar-refractivity contribution in [2.75, 3.05) is 31.6 Å². The largest absolute Gasteiger partial charge is 0.494 e. The van der Waals surface area contributed by atoms with Crippen LogP contribution < -0.4 is 10.1 Å². The fourth-order valence-corrected chi connectivity index (χ4v) is 3.28. The smallest absolute Gasteiger partial charge is 0.406 e. The SMILES string of the molecule is O=C1CCc2ccc(OCCCNc3ccccn3)cc2CCN1CC(F)(F)F. The van der Waals surface area contributed by atoms with Gasteiger partial charge in [-0.05, 0) is 54.7 Å². The molecule has 0 unspecified atom stereocenters. The number of ether oxygens (including phenoxy) is 1. The molecule has 0 saturated heterocycles. The Hall–Kier alpha value is -2.77. The highest BCUT2D eigenvalue weighted by atomic mass is 19.4. The first kappa shape index (κ1) is 21.0. The van der Waals surface area contributed by atoms with Crippen LogP contribution in [0, 0.1) is 0 Å². The third kappa shape index (κ3) is 6.66. The summed E-state index contributed by atoms with van der Waals surface area (Å²) in [6.45, 7) is 0.0944. The van der Waals surface area contributed by atoms with E-state index in [4.69, 9.17) is 4.74 Å². The van der Waals surface area contributed by atoms with Crippen LogP contribution in [0.1, 0.15) is 24.0 Å². The number of pyridine rings is 1. The number of nitrogens with one attached hydrogen (secondary N) is 1. The van der Waals surface area contributed by atoms with Crippen LogP contribution in [0.25, 0.3) is 0 Å². The van der Waals surface area contributed by atoms with Crippen molar-refractivity contribution in [3.8, 4) is 5.75 Å². The van der Waals surface area contributed by atoms with Gasteiger partial charge in [0.15, 0.2) is 0 Å². The molecule has 1 amide bonds. The maximum absolute atomic E-state index is 12.7. The summed E-state index contributed by atoms with van der Waals surface area (Å²) >= 11 is 0. The zero-order valence-electron chi connectivity index (χ0n) is 16.0. The number of carbonyl (C=O) groups is 1. The van der Waals surface area contributed by atoms with Crippen molar-refractivity contribution in [1.82, 2.24) is 9.88 Å². The van der Waals surface area contributed by atoms with E-state index in [2.05, 4.69) is 10.3 Å². The third-order valence-electron chi connectivity index (χ3n) is 4.72. The van der Waals surface area contributed by atoms with Gasteiger partial charge in [0.05, 0.1) is 6.61 Å². The number of aryl methyl sites for hydroxylation is 1. The first-order valence-electron chi connectivity index (χ1n) is 9.65. The summed E-state index contributed by atoms with van der Waals surface area (Å²) in [7, 11) is 0. The van der Waals surface area contributed by atoms with Gasteiger partial charge in [0, 0.05) is 25.7 Å². The third-order valence-corrected chi connectivity index (χ3v) is 4.72. The number of rotatable bonds is 7. The fourth-order valence-electron chi connectivity index (χ4n) is 3.28. The Kier molecular flexibility index (Phi) is 6.95. The summed E-state index contributed by atoms with van der Waals surface area (Å²) in [4.78, 5) is 17.1. The molecule has 1 aliphatic heterocycles. The second-order valence-electron chi connectivity index (χ2n) is 6.95. The minimum absolute atomic E-state index is 0.0583. The van der Waals surface area contributed by atoms with Crippen molar-refractivity contribution in [3.63, 3.8) is 0 Å². The van der Waals surface area contributed by atoms with Crippen LogP contribution in [0.15, 0.2) is 42.6 Å². The van der Waals surface area contributed by atoms with E-state index < -0.39 is 18.6 Å². The van der Waals surface area contributed by atoms with E-state index in [1.165, 1.54) is 0 Å². The average Bonchev–Trinajstić information content (AvgIpc) is 2.68. The van der Waals surface area contributed by atoms with Gasteiger partial charge in [-0.25, -0.2) is 4.98 Å². The normalized spacial score (nSPS) is 14.7. The van der Waals surface area contributed by atoms with E-state index >= 15 is 0 Å². The molecule has 0 aliphatic carbocycles. The van der Waals surface area contributed by atoms with E-state index in [9.17, 15) is 18.0 Å². The molecule has 3 rings (SSSR count). The van der Waals surface area contributed by atoms with Gasteiger partial charge in [-0.3, -0.25) is 4.79 Å². The van der Waals surface area contributed by atoms with Crippen molar-refractivity contribution >= 4 is 11.7 Å². The molecule has 0 radical (unpaired) electrons. The molecule has 2 heterocycles. The van der Waals surface area contributed by atoms with Gasteiger partial charge in [-0.1, -0.05) is 12.1 Å². The minimum atomic E-state index is -4.38. The van der Waals surface area contributed by atoms with Crippen molar-refractivity contribution in [1.29, 1.82) is 0 Å². The van der Waals surface area contributed by atoms with E-state index in [0.29, 0.717) is 25.2 Å². The maximum Gasteiger partial charge on any atom is 0.406 e. The Morgan fingerprint density at radius 1 is 1.10 bits per heavy atom. The second kappa shape index (κ2) is 9.62. The van der Waals surface area contributed by atoms with Crippen molar-refractivity contribution in [2.45, 2.75) is 31.9 Å². The second-order valence-corrected chi connectivity index (χ2v) is 6.95. The monoisotopic (exact) mass is 407 g/mol. The number of anilines is 1. The van der Waals surface area contributed by atoms with E-state index in [1.54, 1.807) is 6.20 Å². The Bertz CT molecular complexity index is 813. The fraction of sp³-hybridized carbons (Fsp3) is 0.429. The molecule has 5 nitrogen and oxygen atoms in total. The van der Waals surface area contributed by atoms with Gasteiger partial charge in [0.25, 0.3) is 0 Å². The van der Waals surface area contributed by atoms with E-state index in [0.717, 1.165) is 34.8 Å². The molecule has 29 heavy (non-hydrogen) atoms. The number of benzene rings is 1. The van der Waals surface area contributed by atoms with Crippen LogP contribution in [0.3, 0.4) is 0 Å². The molecular weight excluding hydrogens is 383 g/mol. The van der Waals surface area contributed by atoms with E-state index in [-0.39, 0.29) is 13.0 Å². The van der Waals surface area contributed by atoms with Crippen LogP contribution in [-0.4, -0.2) is 48.2 Å². The number of halogens is 3. The van der Waals surface area contributed by atoms with Crippen LogP contribution in [0.4, 0.5) is 19.0 Å². The van der Waals surface area contributed by atoms with E-state index in [1.807, 2.05) is 36.4 Å². The standard InChI is InChI=1S/C21H24F3N3O2/c22-21(23,24)15-27-12-9-17-14-18(7-5-16(17)6-8-20(27)28)29-13-3-11-26-19-4-1-2-10-25-19/h1-2,4-5,7,10,14H,3,6,8-9,11-13,15H2,(H,25,26). The zero-order valence-corrected chi connectivity index (χ0v) is 16.0. The number of alkyl halides is 3. The molecule has 156 valence electrons. The molecular formula is C21H24F3N3O2. The number of aromatic nitrogens is 1. The lowest BCUT2D eigenvalue weighted by Gasteiger charge is -2.27. The van der Waals surface area contributed by atoms with Crippen LogP contribution in [0.5, 0.6) is 5.75 Å². The van der Waals surface area contributed by atoms with Crippen molar-refractivity contribution in [3.05, 3.63) is 53.7 Å². The van der Waals surface area contributed by atoms with Gasteiger partial charge in [0.1, 0.15) is 18.1 Å². The number of nitrogens with zero attached hydrogens (tertiary/aromatic N) is 2. The van der Waals surface area contributed by atoms with Gasteiger partial charge < -0.3 is 15.0 Å². The lowest BCUT2D eigenvalue weighted by atomic mass is 9.97. The Labute approximate surface area is 167 Å². The first-order chi connectivity index (χ1) is 13.9. The van der Waals surface area contributed by atoms with Gasteiger partial charge >= 0.3 is 6.18 Å². The molecule has 1 N–H and O–H groups in total. The van der Waals surface area contributed by atoms with Crippen LogP contribution in [0.2, 0.25) is 0 Å². The summed E-state index contributed by atoms with van der Waals surface area (Å²) in [6.07, 6.45) is -0.970. The highest BCUT2D eigenvalue weighted by Gasteiger charge is 2.33. The first-order valence-corrected chi connectivity index (χ1v) is 9.65. The molecule has 2 aromatic rings. The Morgan fingerprint density at radius 2 is 1.97 bits per heavy atom. The topological polar surface area (TPSA) is 54.5 Å². The number of fused-ring (bicyclic) bond motifs is 1. The molecule has 0 fully saturated rings. The summed E-state index contributed by atoms with van der Waals surface area (Å²) in [5.41, 5.74) is 1.93. The summed E-state index contributed by atoms with van der Waals surface area (Å²) in [6, 6.07) is 11.3. The van der Waals surface area contributed by atoms with Crippen molar-refractivity contribution < 1.29 is 22.7 Å². The summed E-state index contributed by atoms with van der Waals surface area (Å²) in [5.74, 6) is 1.05. The van der Waals surface area contributed by atoms with Gasteiger partial charge in [-0.15, -0.1) is 0 Å². The molecule has 0 bridgehead atoms. The lowest BCUT2D eigenvalue weighted by molar-refractivity contribution is -0.161. The predicted molar refractivity (Wildman–Crippen MR) is 104 cm³/mol. The minimum Gasteiger partial charge on any atom is -0.494 e. The van der Waals surface area contributed by atoms with Crippen LogP contribution >= 0.6 is 0 Å². The van der Waals surface area contributed by atoms with Gasteiger partial charge in [0.2, 0.25) is 5.91 Å². The predicted octanol–water partition coefficient (Wildman–Crippen LogP) is 3.84. The van der Waals surface area contributed by atoms with Gasteiger partial charge in [-0.2, -0.15) is 13.2 Å². The number of hydrogen-bond acceptors (Lipinski definition) is 4. The molecule has 1 aliphatic rings. The Balaban J connectivity index is 1.51. The Morgan fingerprint density at radius 3 is 2.72 bits per heavy atom. The van der Waals surface area contributed by atoms with Crippen LogP contribution in [-0.2, 0) is 17.6 Å². The maximum atomic E-state index is 12.7. The molecule has 8 heteroatoms. The molecule has 0 atom stereocenters. The molecule has 1 aromatic carbocycles. The summed E-state index contributed by atoms with van der Waals surface area (Å²) in [5, 5.41) is 3.20. The van der Waals surface area contributed by atoms with Crippen molar-refractivity contribution in [2.24, 2.45) is 0 Å². The quantitative estimate of drug-likeness (QED) is 0.709. The molecule has 0 saturated carbocycles. The molecule has 1 aromatic heterocycles. The number of carbonyl (C=O) groups excluding carboxylic acids is 1. The summed E-state index contributed by atoms with van der Waals surface area (Å²) < 4.78 is 43.9. The highest BCUT2D eigenvalue weighted by molar-refractivity contribution is 5.77. The lowest BCUT2D eigenvalue weighted by Crippen LogP contribution is -2.41. The number of hydrogen-bond donors (Lipinski definition) is 1. The number of amides is 1. The highest BCUT2D eigenvalue weighted by Crippen LogP contribution is 2.24.